The van der Waals surface area contributed by atoms with Crippen LogP contribution in [0.5, 0.6) is 5.88 Å². The maximum Gasteiger partial charge on any atom is 0.223 e. The fourth-order valence-electron chi connectivity index (χ4n) is 11.2. The average molecular weight is 687 g/mol. The lowest BCUT2D eigenvalue weighted by atomic mass is 9.78. The highest BCUT2D eigenvalue weighted by atomic mass is 19.1. The van der Waals surface area contributed by atoms with E-state index in [0.717, 1.165) is 109 Å². The Morgan fingerprint density at radius 3 is 2.73 bits per heavy atom. The summed E-state index contributed by atoms with van der Waals surface area (Å²) >= 11 is 0. The zero-order valence-corrected chi connectivity index (χ0v) is 30.1. The van der Waals surface area contributed by atoms with Crippen molar-refractivity contribution in [1.82, 2.24) is 24.7 Å². The summed E-state index contributed by atoms with van der Waals surface area (Å²) in [6.07, 6.45) is 7.85. The van der Waals surface area contributed by atoms with Gasteiger partial charge < -0.3 is 19.5 Å². The van der Waals surface area contributed by atoms with Crippen molar-refractivity contribution in [3.8, 4) is 23.1 Å². The van der Waals surface area contributed by atoms with Crippen molar-refractivity contribution in [1.29, 1.82) is 5.26 Å². The van der Waals surface area contributed by atoms with Gasteiger partial charge in [0, 0.05) is 48.2 Å². The second kappa shape index (κ2) is 11.5. The minimum atomic E-state index is -0.352. The minimum Gasteiger partial charge on any atom is -0.472 e. The number of rotatable bonds is 6. The molecule has 4 aromatic rings. The van der Waals surface area contributed by atoms with Crippen molar-refractivity contribution in [2.45, 2.75) is 114 Å². The molecule has 2 bridgehead atoms. The Hall–Kier alpha value is -4.00. The zero-order valence-electron chi connectivity index (χ0n) is 30.1. The van der Waals surface area contributed by atoms with Crippen LogP contribution in [0.15, 0.2) is 30.3 Å². The Morgan fingerprint density at radius 2 is 2.00 bits per heavy atom. The smallest absolute Gasteiger partial charge is 0.223 e. The number of aromatic nitrogens is 2. The molecule has 264 valence electrons. The Balaban J connectivity index is 1.24. The molecule has 2 saturated carbocycles. The van der Waals surface area contributed by atoms with E-state index in [1.54, 1.807) is 6.92 Å². The second-order valence-electron chi connectivity index (χ2n) is 16.6. The molecule has 2 aromatic carbocycles. The van der Waals surface area contributed by atoms with Gasteiger partial charge in [-0.05, 0) is 125 Å². The predicted octanol–water partition coefficient (Wildman–Crippen LogP) is 7.32. The van der Waals surface area contributed by atoms with Crippen molar-refractivity contribution < 1.29 is 13.9 Å². The number of pyridine rings is 1. The molecule has 0 radical (unpaired) electrons. The topological polar surface area (TPSA) is 86.4 Å². The van der Waals surface area contributed by atoms with Gasteiger partial charge in [-0.15, -0.1) is 0 Å². The number of fused-ring (bicyclic) bond motifs is 6. The van der Waals surface area contributed by atoms with E-state index in [9.17, 15) is 10.1 Å². The molecule has 4 saturated heterocycles. The summed E-state index contributed by atoms with van der Waals surface area (Å²) in [6, 6.07) is 14.1. The van der Waals surface area contributed by atoms with Gasteiger partial charge in [-0.1, -0.05) is 18.2 Å². The molecule has 11 rings (SSSR count). The summed E-state index contributed by atoms with van der Waals surface area (Å²) in [5.74, 6) is 1.01. The first-order chi connectivity index (χ1) is 24.7. The second-order valence-corrected chi connectivity index (χ2v) is 16.6. The van der Waals surface area contributed by atoms with Crippen LogP contribution in [0.3, 0.4) is 0 Å². The number of nitriles is 1. The van der Waals surface area contributed by atoms with Gasteiger partial charge in [0.05, 0.1) is 35.0 Å². The van der Waals surface area contributed by atoms with Crippen molar-refractivity contribution in [3.05, 3.63) is 58.5 Å². The third-order valence-electron chi connectivity index (χ3n) is 13.7. The fraction of sp³-hybridized carbons (Fsp3) is 0.548. The van der Waals surface area contributed by atoms with Crippen LogP contribution in [0, 0.1) is 35.9 Å². The molecule has 4 aliphatic heterocycles. The van der Waals surface area contributed by atoms with Crippen molar-refractivity contribution in [2.75, 3.05) is 20.1 Å². The van der Waals surface area contributed by atoms with Crippen molar-refractivity contribution in [2.24, 2.45) is 11.8 Å². The summed E-state index contributed by atoms with van der Waals surface area (Å²) < 4.78 is 27.1. The number of likely N-dealkylation sites (tertiary alicyclic amines) is 2. The van der Waals surface area contributed by atoms with E-state index in [1.807, 2.05) is 19.1 Å². The summed E-state index contributed by atoms with van der Waals surface area (Å²) in [7, 11) is 2.15. The number of ether oxygens (including phenoxy) is 1. The quantitative estimate of drug-likeness (QED) is 0.229. The minimum absolute atomic E-state index is 0.0242. The first-order valence-corrected chi connectivity index (χ1v) is 19.3. The van der Waals surface area contributed by atoms with Crippen LogP contribution in [0.4, 0.5) is 4.39 Å². The monoisotopic (exact) mass is 686 g/mol. The number of carbonyl (C=O) groups is 1. The molecule has 7 aliphatic rings. The summed E-state index contributed by atoms with van der Waals surface area (Å²) in [5, 5.41) is 15.6. The maximum atomic E-state index is 17.7. The molecule has 6 heterocycles. The first-order valence-electron chi connectivity index (χ1n) is 19.3. The van der Waals surface area contributed by atoms with Crippen LogP contribution < -0.4 is 10.1 Å². The van der Waals surface area contributed by atoms with E-state index in [0.29, 0.717) is 40.9 Å². The lowest BCUT2D eigenvalue weighted by Gasteiger charge is -2.39. The van der Waals surface area contributed by atoms with Gasteiger partial charge in [-0.2, -0.15) is 5.26 Å². The molecule has 9 heteroatoms. The molecule has 2 unspecified atom stereocenters. The number of carbonyl (C=O) groups excluding carboxylic acids is 1. The third-order valence-corrected chi connectivity index (χ3v) is 13.7. The molecule has 6 fully saturated rings. The van der Waals surface area contributed by atoms with Crippen LogP contribution in [-0.2, 0) is 11.2 Å². The molecular weight excluding hydrogens is 640 g/mol. The number of halogens is 1. The highest BCUT2D eigenvalue weighted by Gasteiger charge is 2.56. The van der Waals surface area contributed by atoms with E-state index in [-0.39, 0.29) is 41.9 Å². The average Bonchev–Trinajstić information content (AvgIpc) is 3.70. The Morgan fingerprint density at radius 1 is 1.14 bits per heavy atom. The highest BCUT2D eigenvalue weighted by Crippen LogP contribution is 2.57. The number of amides is 1. The number of hydrogen-bond acceptors (Lipinski definition) is 6. The summed E-state index contributed by atoms with van der Waals surface area (Å²) in [6.45, 7) is 7.83. The van der Waals surface area contributed by atoms with Crippen LogP contribution >= 0.6 is 0 Å². The zero-order chi connectivity index (χ0) is 34.9. The first kappa shape index (κ1) is 31.7. The Labute approximate surface area is 298 Å². The standard InChI is InChI=1S/C42H47FN6O2/c1-21-14-29-39(38(43)36(21)28-11-6-9-24-8-5-10-25(19-44)37(24)28)46-42(51-22(2)32-12-7-13-47(32)4)30-18-35(34-17-26-16-33(26)48(34)23(3)50)49(41(29)30)40-27-15-31(40)45-20-27/h6,9,11,14,18,22,25-27,31-34,40,45H,5,7-8,10,12-13,15-17,20H2,1-4H3/t22-,25?,26-,27+,31+,32?,33-,34+,40-/m0/s1. The normalized spacial score (nSPS) is 31.4. The van der Waals surface area contributed by atoms with E-state index >= 15 is 4.39 Å². The van der Waals surface area contributed by atoms with Gasteiger partial charge in [0.2, 0.25) is 11.8 Å². The maximum absolute atomic E-state index is 17.7. The Bertz CT molecular complexity index is 2160. The van der Waals surface area contributed by atoms with Crippen molar-refractivity contribution >= 4 is 27.7 Å². The fourth-order valence-corrected chi connectivity index (χ4v) is 11.2. The van der Waals surface area contributed by atoms with E-state index in [4.69, 9.17) is 9.72 Å². The van der Waals surface area contributed by atoms with E-state index in [2.05, 4.69) is 57.9 Å². The predicted molar refractivity (Wildman–Crippen MR) is 195 cm³/mol. The molecule has 0 spiro atoms. The van der Waals surface area contributed by atoms with Gasteiger partial charge in [0.25, 0.3) is 0 Å². The van der Waals surface area contributed by atoms with Gasteiger partial charge in [0.1, 0.15) is 11.6 Å². The third kappa shape index (κ3) is 4.61. The molecule has 3 aliphatic carbocycles. The molecule has 2 aromatic heterocycles. The molecule has 51 heavy (non-hydrogen) atoms. The SMILES string of the molecule is CC(=O)N1[C@@H](c2cc3c(O[C@@H](C)C4CCCN4C)nc4c(F)c(-c5cccc6c5C(C#N)CCC6)c(C)cc4c3n2[C@H]2[C@H]3CN[C@@H]2C3)C[C@@H]2C[C@@H]21. The van der Waals surface area contributed by atoms with Gasteiger partial charge in [0.15, 0.2) is 5.82 Å². The number of nitrogens with zero attached hydrogens (tertiary/aromatic N) is 5. The van der Waals surface area contributed by atoms with E-state index in [1.165, 1.54) is 0 Å². The number of hydrogen-bond donors (Lipinski definition) is 1. The van der Waals surface area contributed by atoms with Crippen LogP contribution in [-0.4, -0.2) is 69.6 Å². The van der Waals surface area contributed by atoms with Crippen LogP contribution in [0.2, 0.25) is 0 Å². The summed E-state index contributed by atoms with van der Waals surface area (Å²) in [5.41, 5.74) is 6.71. The van der Waals surface area contributed by atoms with Crippen molar-refractivity contribution in [3.63, 3.8) is 0 Å². The molecule has 1 amide bonds. The highest BCUT2D eigenvalue weighted by molar-refractivity contribution is 6.09. The van der Waals surface area contributed by atoms with Gasteiger partial charge >= 0.3 is 0 Å². The molecule has 9 atom stereocenters. The lowest BCUT2D eigenvalue weighted by Crippen LogP contribution is -2.41. The molecular formula is C42H47FN6O2. The number of piperidine rings is 1. The largest absolute Gasteiger partial charge is 0.472 e. The number of nitrogens with one attached hydrogen (secondary N) is 1. The van der Waals surface area contributed by atoms with E-state index < -0.39 is 0 Å². The van der Waals surface area contributed by atoms with Gasteiger partial charge in [-0.3, -0.25) is 9.69 Å². The molecule has 8 nitrogen and oxygen atoms in total. The van der Waals surface area contributed by atoms with Gasteiger partial charge in [-0.25, -0.2) is 9.37 Å². The van der Waals surface area contributed by atoms with Crippen LogP contribution in [0.1, 0.15) is 99.2 Å². The number of benzene rings is 2. The Kier molecular flexibility index (Phi) is 7.15. The number of likely N-dealkylation sites (N-methyl/N-ethyl adjacent to an activating group) is 1. The summed E-state index contributed by atoms with van der Waals surface area (Å²) in [4.78, 5) is 22.8. The molecule has 1 N–H and O–H groups in total. The lowest BCUT2D eigenvalue weighted by molar-refractivity contribution is -0.131. The number of aryl methyl sites for hydroxylation is 2. The van der Waals surface area contributed by atoms with Crippen LogP contribution in [0.25, 0.3) is 32.9 Å².